The quantitative estimate of drug-likeness (QED) is 0.601. The molecule has 1 unspecified atom stereocenters. The zero-order valence-corrected chi connectivity index (χ0v) is 16.5. The molecule has 0 saturated heterocycles. The van der Waals surface area contributed by atoms with E-state index >= 15 is 0 Å². The van der Waals surface area contributed by atoms with Crippen molar-refractivity contribution in [3.05, 3.63) is 70.9 Å². The van der Waals surface area contributed by atoms with Gasteiger partial charge < -0.3 is 9.15 Å². The van der Waals surface area contributed by atoms with Gasteiger partial charge in [0.1, 0.15) is 5.76 Å². The third-order valence-electron chi connectivity index (χ3n) is 5.56. The van der Waals surface area contributed by atoms with Crippen LogP contribution in [0.15, 0.2) is 46.9 Å². The van der Waals surface area contributed by atoms with Crippen LogP contribution < -0.4 is 4.74 Å². The highest BCUT2D eigenvalue weighted by Gasteiger charge is 2.25. The fraction of sp³-hybridized carbons (Fsp3) is 0.348. The molecule has 0 fully saturated rings. The number of rotatable bonds is 5. The van der Waals surface area contributed by atoms with Crippen LogP contribution in [0, 0.1) is 12.7 Å². The number of hydrogen-bond donors (Lipinski definition) is 0. The van der Waals surface area contributed by atoms with Crippen LogP contribution in [0.5, 0.6) is 5.75 Å². The Kier molecular flexibility index (Phi) is 5.18. The lowest BCUT2D eigenvalue weighted by Crippen LogP contribution is -2.27. The Morgan fingerprint density at radius 3 is 2.89 bits per heavy atom. The van der Waals surface area contributed by atoms with E-state index in [2.05, 4.69) is 41.2 Å². The van der Waals surface area contributed by atoms with Gasteiger partial charge in [-0.05, 0) is 62.6 Å². The summed E-state index contributed by atoms with van der Waals surface area (Å²) in [4.78, 5) is 7.03. The minimum atomic E-state index is -0.398. The van der Waals surface area contributed by atoms with Gasteiger partial charge in [0.25, 0.3) is 0 Å². The van der Waals surface area contributed by atoms with Gasteiger partial charge in [-0.1, -0.05) is 24.3 Å². The average Bonchev–Trinajstić information content (AvgIpc) is 3.08. The second-order valence-electron chi connectivity index (χ2n) is 7.39. The molecule has 0 radical (unpaired) electrons. The summed E-state index contributed by atoms with van der Waals surface area (Å²) in [6.45, 7) is 2.63. The molecule has 1 aromatic heterocycles. The van der Waals surface area contributed by atoms with Crippen molar-refractivity contribution in [1.82, 2.24) is 9.88 Å². The molecule has 0 saturated carbocycles. The Hall–Kier alpha value is -2.66. The smallest absolute Gasteiger partial charge is 0.226 e. The third kappa shape index (κ3) is 3.54. The highest BCUT2D eigenvalue weighted by Crippen LogP contribution is 2.35. The SMILES string of the molecule is COc1cc(-c2nc(CN(C)C3CCCc4ccccc43)c(C)o2)ccc1F. The van der Waals surface area contributed by atoms with Crippen LogP contribution in [-0.4, -0.2) is 24.0 Å². The zero-order valence-electron chi connectivity index (χ0n) is 16.5. The third-order valence-corrected chi connectivity index (χ3v) is 5.56. The maximum absolute atomic E-state index is 13.7. The van der Waals surface area contributed by atoms with Gasteiger partial charge >= 0.3 is 0 Å². The number of ether oxygens (including phenoxy) is 1. The lowest BCUT2D eigenvalue weighted by Gasteiger charge is -2.33. The Morgan fingerprint density at radius 2 is 2.07 bits per heavy atom. The summed E-state index contributed by atoms with van der Waals surface area (Å²) in [6.07, 6.45) is 3.50. The molecule has 1 heterocycles. The van der Waals surface area contributed by atoms with Crippen LogP contribution in [0.2, 0.25) is 0 Å². The van der Waals surface area contributed by atoms with Crippen molar-refractivity contribution in [3.63, 3.8) is 0 Å². The van der Waals surface area contributed by atoms with E-state index in [4.69, 9.17) is 9.15 Å². The van der Waals surface area contributed by atoms with Crippen LogP contribution >= 0.6 is 0 Å². The van der Waals surface area contributed by atoms with Gasteiger partial charge in [-0.15, -0.1) is 0 Å². The zero-order chi connectivity index (χ0) is 19.7. The molecule has 1 aliphatic rings. The summed E-state index contributed by atoms with van der Waals surface area (Å²) >= 11 is 0. The van der Waals surface area contributed by atoms with Crippen LogP contribution in [0.1, 0.15) is 41.5 Å². The number of aromatic nitrogens is 1. The number of aryl methyl sites for hydroxylation is 2. The molecule has 0 bridgehead atoms. The van der Waals surface area contributed by atoms with Gasteiger partial charge in [-0.25, -0.2) is 9.37 Å². The van der Waals surface area contributed by atoms with Gasteiger partial charge in [0.2, 0.25) is 5.89 Å². The molecule has 1 atom stereocenters. The maximum Gasteiger partial charge on any atom is 0.226 e. The highest BCUT2D eigenvalue weighted by molar-refractivity contribution is 5.56. The predicted molar refractivity (Wildman–Crippen MR) is 107 cm³/mol. The standard InChI is InChI=1S/C23H25FN2O2/c1-15-20(25-23(28-15)17-11-12-19(24)22(13-17)27-3)14-26(2)21-10-6-8-16-7-4-5-9-18(16)21/h4-5,7,9,11-13,21H,6,8,10,14H2,1-3H3. The minimum Gasteiger partial charge on any atom is -0.494 e. The van der Waals surface area contributed by atoms with E-state index in [1.54, 1.807) is 12.1 Å². The number of halogens is 1. The molecule has 2 aromatic carbocycles. The van der Waals surface area contributed by atoms with Crippen molar-refractivity contribution < 1.29 is 13.5 Å². The Balaban J connectivity index is 1.57. The first-order chi connectivity index (χ1) is 13.6. The van der Waals surface area contributed by atoms with Crippen molar-refractivity contribution >= 4 is 0 Å². The first kappa shape index (κ1) is 18.7. The van der Waals surface area contributed by atoms with Gasteiger partial charge in [-0.3, -0.25) is 4.90 Å². The molecule has 3 aromatic rings. The van der Waals surface area contributed by atoms with E-state index in [-0.39, 0.29) is 5.75 Å². The van der Waals surface area contributed by atoms with Crippen molar-refractivity contribution in [3.8, 4) is 17.2 Å². The van der Waals surface area contributed by atoms with E-state index < -0.39 is 5.82 Å². The summed E-state index contributed by atoms with van der Waals surface area (Å²) in [5.41, 5.74) is 4.48. The summed E-state index contributed by atoms with van der Waals surface area (Å²) in [7, 11) is 3.59. The molecule has 4 rings (SSSR count). The average molecular weight is 380 g/mol. The molecule has 146 valence electrons. The molecular formula is C23H25FN2O2. The summed E-state index contributed by atoms with van der Waals surface area (Å²) in [5, 5.41) is 0. The van der Waals surface area contributed by atoms with Gasteiger partial charge in [-0.2, -0.15) is 0 Å². The fourth-order valence-electron chi connectivity index (χ4n) is 4.02. The van der Waals surface area contributed by atoms with Gasteiger partial charge in [0.15, 0.2) is 11.6 Å². The van der Waals surface area contributed by atoms with Crippen LogP contribution in [0.25, 0.3) is 11.5 Å². The molecule has 1 aliphatic carbocycles. The van der Waals surface area contributed by atoms with Gasteiger partial charge in [0.05, 0.1) is 12.8 Å². The van der Waals surface area contributed by atoms with Crippen LogP contribution in [-0.2, 0) is 13.0 Å². The lowest BCUT2D eigenvalue weighted by atomic mass is 9.87. The first-order valence-electron chi connectivity index (χ1n) is 9.65. The molecule has 0 amide bonds. The predicted octanol–water partition coefficient (Wildman–Crippen LogP) is 5.31. The number of oxazole rings is 1. The minimum absolute atomic E-state index is 0.186. The van der Waals surface area contributed by atoms with E-state index in [0.717, 1.165) is 24.3 Å². The summed E-state index contributed by atoms with van der Waals surface area (Å²) in [6, 6.07) is 13.7. The number of methoxy groups -OCH3 is 1. The lowest BCUT2D eigenvalue weighted by molar-refractivity contribution is 0.210. The number of benzene rings is 2. The molecule has 0 aliphatic heterocycles. The van der Waals surface area contributed by atoms with E-state index in [1.807, 2.05) is 6.92 Å². The molecule has 0 spiro atoms. The van der Waals surface area contributed by atoms with Crippen molar-refractivity contribution in [1.29, 1.82) is 0 Å². The Morgan fingerprint density at radius 1 is 1.25 bits per heavy atom. The van der Waals surface area contributed by atoms with Crippen molar-refractivity contribution in [2.24, 2.45) is 0 Å². The molecule has 4 nitrogen and oxygen atoms in total. The molecule has 5 heteroatoms. The maximum atomic E-state index is 13.7. The largest absolute Gasteiger partial charge is 0.494 e. The van der Waals surface area contributed by atoms with Crippen molar-refractivity contribution in [2.45, 2.75) is 38.8 Å². The molecule has 0 N–H and O–H groups in total. The van der Waals surface area contributed by atoms with Crippen LogP contribution in [0.3, 0.4) is 0 Å². The number of fused-ring (bicyclic) bond motifs is 1. The monoisotopic (exact) mass is 380 g/mol. The fourth-order valence-corrected chi connectivity index (χ4v) is 4.02. The van der Waals surface area contributed by atoms with E-state index in [9.17, 15) is 4.39 Å². The molecular weight excluding hydrogens is 355 g/mol. The normalized spacial score (nSPS) is 16.2. The molecule has 28 heavy (non-hydrogen) atoms. The summed E-state index contributed by atoms with van der Waals surface area (Å²) < 4.78 is 24.6. The van der Waals surface area contributed by atoms with Gasteiger partial charge in [0, 0.05) is 18.2 Å². The highest BCUT2D eigenvalue weighted by atomic mass is 19.1. The van der Waals surface area contributed by atoms with Crippen LogP contribution in [0.4, 0.5) is 4.39 Å². The Labute approximate surface area is 165 Å². The number of hydrogen-bond acceptors (Lipinski definition) is 4. The Bertz CT molecular complexity index is 982. The number of nitrogens with zero attached hydrogens (tertiary/aromatic N) is 2. The van der Waals surface area contributed by atoms with E-state index in [1.165, 1.54) is 30.7 Å². The topological polar surface area (TPSA) is 38.5 Å². The van der Waals surface area contributed by atoms with Crippen molar-refractivity contribution in [2.75, 3.05) is 14.2 Å². The first-order valence-corrected chi connectivity index (χ1v) is 9.65. The second-order valence-corrected chi connectivity index (χ2v) is 7.39. The van der Waals surface area contributed by atoms with E-state index in [0.29, 0.717) is 24.0 Å². The second kappa shape index (κ2) is 7.76. The summed E-state index contributed by atoms with van der Waals surface area (Å²) in [5.74, 6) is 1.06.